The van der Waals surface area contributed by atoms with E-state index in [1.54, 1.807) is 0 Å². The third kappa shape index (κ3) is 8.72. The molecule has 3 heteroatoms. The lowest BCUT2D eigenvalue weighted by molar-refractivity contribution is -0.122. The second-order valence-electron chi connectivity index (χ2n) is 4.81. The van der Waals surface area contributed by atoms with Gasteiger partial charge in [-0.15, -0.1) is 0 Å². The maximum atomic E-state index is 11.6. The highest BCUT2D eigenvalue weighted by molar-refractivity contribution is 5.77. The largest absolute Gasteiger partial charge is 0.355 e. The highest BCUT2D eigenvalue weighted by Gasteiger charge is 2.08. The maximum absolute atomic E-state index is 11.6. The molecule has 0 fully saturated rings. The fourth-order valence-electron chi connectivity index (χ4n) is 1.66. The Balaban J connectivity index is 3.72. The summed E-state index contributed by atoms with van der Waals surface area (Å²) < 4.78 is 0. The van der Waals surface area contributed by atoms with Crippen molar-refractivity contribution in [3.63, 3.8) is 0 Å². The average Bonchev–Trinajstić information content (AvgIpc) is 2.17. The van der Waals surface area contributed by atoms with E-state index in [4.69, 9.17) is 0 Å². The Morgan fingerprint density at radius 1 is 1.19 bits per heavy atom. The molecule has 0 saturated heterocycles. The Morgan fingerprint density at radius 3 is 2.19 bits per heavy atom. The number of carbonyl (C=O) groups excluding carboxylic acids is 1. The minimum absolute atomic E-state index is 0.169. The SMILES string of the molecule is CCCN(CCC)CC(=O)NCCC(C)C. The van der Waals surface area contributed by atoms with E-state index in [-0.39, 0.29) is 5.91 Å². The number of rotatable bonds is 9. The molecule has 0 unspecified atom stereocenters. The smallest absolute Gasteiger partial charge is 0.234 e. The fourth-order valence-corrected chi connectivity index (χ4v) is 1.66. The van der Waals surface area contributed by atoms with Crippen LogP contribution in [0.25, 0.3) is 0 Å². The van der Waals surface area contributed by atoms with Gasteiger partial charge in [-0.2, -0.15) is 0 Å². The minimum atomic E-state index is 0.169. The summed E-state index contributed by atoms with van der Waals surface area (Å²) in [5, 5.41) is 2.98. The molecule has 0 aromatic carbocycles. The Kier molecular flexibility index (Phi) is 9.30. The van der Waals surface area contributed by atoms with Gasteiger partial charge in [0.25, 0.3) is 0 Å². The van der Waals surface area contributed by atoms with Gasteiger partial charge in [-0.1, -0.05) is 27.7 Å². The molecule has 0 bridgehead atoms. The molecule has 0 saturated carbocycles. The Hall–Kier alpha value is -0.570. The zero-order chi connectivity index (χ0) is 12.4. The van der Waals surface area contributed by atoms with E-state index < -0.39 is 0 Å². The van der Waals surface area contributed by atoms with Crippen LogP contribution in [0.3, 0.4) is 0 Å². The van der Waals surface area contributed by atoms with Gasteiger partial charge in [-0.25, -0.2) is 0 Å². The molecule has 0 heterocycles. The van der Waals surface area contributed by atoms with Crippen LogP contribution in [-0.2, 0) is 4.79 Å². The first-order valence-corrected chi connectivity index (χ1v) is 6.59. The van der Waals surface area contributed by atoms with E-state index in [0.717, 1.165) is 38.9 Å². The van der Waals surface area contributed by atoms with E-state index in [1.165, 1.54) is 0 Å². The number of carbonyl (C=O) groups is 1. The lowest BCUT2D eigenvalue weighted by Crippen LogP contribution is -2.38. The summed E-state index contributed by atoms with van der Waals surface area (Å²) in [7, 11) is 0. The number of hydrogen-bond acceptors (Lipinski definition) is 2. The topological polar surface area (TPSA) is 32.3 Å². The van der Waals surface area contributed by atoms with Crippen molar-refractivity contribution in [1.29, 1.82) is 0 Å². The van der Waals surface area contributed by atoms with Crippen molar-refractivity contribution in [3.8, 4) is 0 Å². The van der Waals surface area contributed by atoms with E-state index in [9.17, 15) is 4.79 Å². The van der Waals surface area contributed by atoms with Gasteiger partial charge in [0.05, 0.1) is 6.54 Å². The molecule has 0 spiro atoms. The summed E-state index contributed by atoms with van der Waals surface area (Å²) >= 11 is 0. The van der Waals surface area contributed by atoms with Gasteiger partial charge < -0.3 is 5.32 Å². The Bertz CT molecular complexity index is 175. The second-order valence-corrected chi connectivity index (χ2v) is 4.81. The second kappa shape index (κ2) is 9.64. The highest BCUT2D eigenvalue weighted by atomic mass is 16.2. The van der Waals surface area contributed by atoms with Gasteiger partial charge in [-0.05, 0) is 38.3 Å². The lowest BCUT2D eigenvalue weighted by Gasteiger charge is -2.20. The summed E-state index contributed by atoms with van der Waals surface area (Å²) in [5.74, 6) is 0.824. The summed E-state index contributed by atoms with van der Waals surface area (Å²) in [5.41, 5.74) is 0. The zero-order valence-corrected chi connectivity index (χ0v) is 11.4. The predicted molar refractivity (Wildman–Crippen MR) is 69.5 cm³/mol. The van der Waals surface area contributed by atoms with Crippen LogP contribution in [0, 0.1) is 5.92 Å². The van der Waals surface area contributed by atoms with Crippen LogP contribution in [0.2, 0.25) is 0 Å². The molecular weight excluding hydrogens is 200 g/mol. The first kappa shape index (κ1) is 15.4. The molecular formula is C13H28N2O. The number of amides is 1. The lowest BCUT2D eigenvalue weighted by atomic mass is 10.1. The van der Waals surface area contributed by atoms with Crippen LogP contribution < -0.4 is 5.32 Å². The third-order valence-electron chi connectivity index (χ3n) is 2.49. The Labute approximate surface area is 101 Å². The standard InChI is InChI=1S/C13H28N2O/c1-5-9-15(10-6-2)11-13(16)14-8-7-12(3)4/h12H,5-11H2,1-4H3,(H,14,16). The quantitative estimate of drug-likeness (QED) is 0.656. The minimum Gasteiger partial charge on any atom is -0.355 e. The van der Waals surface area contributed by atoms with E-state index in [0.29, 0.717) is 12.5 Å². The highest BCUT2D eigenvalue weighted by Crippen LogP contribution is 1.97. The summed E-state index contributed by atoms with van der Waals surface area (Å²) in [6.07, 6.45) is 3.28. The predicted octanol–water partition coefficient (Wildman–Crippen LogP) is 2.27. The summed E-state index contributed by atoms with van der Waals surface area (Å²) in [6, 6.07) is 0. The van der Waals surface area contributed by atoms with Crippen molar-refractivity contribution in [3.05, 3.63) is 0 Å². The van der Waals surface area contributed by atoms with Crippen LogP contribution in [-0.4, -0.2) is 37.0 Å². The molecule has 0 aromatic heterocycles. The van der Waals surface area contributed by atoms with Crippen molar-refractivity contribution in [2.75, 3.05) is 26.2 Å². The molecule has 0 aromatic rings. The molecule has 0 aliphatic carbocycles. The maximum Gasteiger partial charge on any atom is 0.234 e. The van der Waals surface area contributed by atoms with Crippen LogP contribution >= 0.6 is 0 Å². The molecule has 0 atom stereocenters. The number of nitrogens with zero attached hydrogens (tertiary/aromatic N) is 1. The van der Waals surface area contributed by atoms with Gasteiger partial charge in [0.1, 0.15) is 0 Å². The normalized spacial score (nSPS) is 11.1. The molecule has 0 radical (unpaired) electrons. The average molecular weight is 228 g/mol. The van der Waals surface area contributed by atoms with Gasteiger partial charge in [0.15, 0.2) is 0 Å². The van der Waals surface area contributed by atoms with Gasteiger partial charge in [-0.3, -0.25) is 9.69 Å². The van der Waals surface area contributed by atoms with E-state index in [1.807, 2.05) is 0 Å². The molecule has 0 aliphatic heterocycles. The van der Waals surface area contributed by atoms with Crippen molar-refractivity contribution in [2.45, 2.75) is 47.0 Å². The molecule has 96 valence electrons. The molecule has 16 heavy (non-hydrogen) atoms. The van der Waals surface area contributed by atoms with Gasteiger partial charge in [0.2, 0.25) is 5.91 Å². The molecule has 0 rings (SSSR count). The van der Waals surface area contributed by atoms with Crippen LogP contribution in [0.5, 0.6) is 0 Å². The molecule has 1 amide bonds. The fraction of sp³-hybridized carbons (Fsp3) is 0.923. The van der Waals surface area contributed by atoms with Crippen molar-refractivity contribution >= 4 is 5.91 Å². The van der Waals surface area contributed by atoms with Crippen LogP contribution in [0.15, 0.2) is 0 Å². The van der Waals surface area contributed by atoms with Gasteiger partial charge >= 0.3 is 0 Å². The monoisotopic (exact) mass is 228 g/mol. The zero-order valence-electron chi connectivity index (χ0n) is 11.4. The molecule has 0 aliphatic rings. The van der Waals surface area contributed by atoms with Crippen molar-refractivity contribution in [2.24, 2.45) is 5.92 Å². The molecule has 3 nitrogen and oxygen atoms in total. The first-order valence-electron chi connectivity index (χ1n) is 6.59. The van der Waals surface area contributed by atoms with Crippen LogP contribution in [0.4, 0.5) is 0 Å². The number of hydrogen-bond donors (Lipinski definition) is 1. The van der Waals surface area contributed by atoms with Crippen LogP contribution in [0.1, 0.15) is 47.0 Å². The number of nitrogens with one attached hydrogen (secondary N) is 1. The van der Waals surface area contributed by atoms with E-state index >= 15 is 0 Å². The Morgan fingerprint density at radius 2 is 1.75 bits per heavy atom. The first-order chi connectivity index (χ1) is 7.60. The molecule has 1 N–H and O–H groups in total. The van der Waals surface area contributed by atoms with Gasteiger partial charge in [0, 0.05) is 6.54 Å². The van der Waals surface area contributed by atoms with Crippen molar-refractivity contribution < 1.29 is 4.79 Å². The third-order valence-corrected chi connectivity index (χ3v) is 2.49. The van der Waals surface area contributed by atoms with E-state index in [2.05, 4.69) is 37.9 Å². The summed E-state index contributed by atoms with van der Waals surface area (Å²) in [6.45, 7) is 12.1. The summed E-state index contributed by atoms with van der Waals surface area (Å²) in [4.78, 5) is 13.9. The van der Waals surface area contributed by atoms with Crippen molar-refractivity contribution in [1.82, 2.24) is 10.2 Å².